The lowest BCUT2D eigenvalue weighted by atomic mass is 10.1. The van der Waals surface area contributed by atoms with Crippen molar-refractivity contribution in [3.63, 3.8) is 0 Å². The highest BCUT2D eigenvalue weighted by atomic mass is 32.2. The Morgan fingerprint density at radius 1 is 1.38 bits per heavy atom. The highest BCUT2D eigenvalue weighted by Crippen LogP contribution is 2.24. The van der Waals surface area contributed by atoms with Gasteiger partial charge in [-0.15, -0.1) is 0 Å². The predicted molar refractivity (Wildman–Crippen MR) is 56.1 cm³/mol. The average molecular weight is 244 g/mol. The summed E-state index contributed by atoms with van der Waals surface area (Å²) in [5.41, 5.74) is 0. The molecule has 6 heteroatoms. The van der Waals surface area contributed by atoms with E-state index in [2.05, 4.69) is 0 Å². The number of ether oxygens (including phenoxy) is 2. The van der Waals surface area contributed by atoms with Crippen LogP contribution < -0.4 is 4.74 Å². The summed E-state index contributed by atoms with van der Waals surface area (Å²) in [6, 6.07) is 6.01. The van der Waals surface area contributed by atoms with Crippen LogP contribution in [-0.2, 0) is 14.9 Å². The second kappa shape index (κ2) is 4.40. The van der Waals surface area contributed by atoms with E-state index in [1.54, 1.807) is 6.07 Å². The molecule has 0 radical (unpaired) electrons. The Bertz CT molecular complexity index is 464. The van der Waals surface area contributed by atoms with Gasteiger partial charge in [-0.25, -0.2) is 0 Å². The zero-order valence-electron chi connectivity index (χ0n) is 8.50. The molecule has 1 saturated heterocycles. The molecule has 1 fully saturated rings. The first-order valence-corrected chi connectivity index (χ1v) is 6.28. The maximum Gasteiger partial charge on any atom is 0.298 e. The smallest absolute Gasteiger partial charge is 0.298 e. The van der Waals surface area contributed by atoms with Gasteiger partial charge in [0.25, 0.3) is 10.1 Å². The summed E-state index contributed by atoms with van der Waals surface area (Å²) in [6.45, 7) is 1.66. The van der Waals surface area contributed by atoms with Crippen LogP contribution in [0, 0.1) is 5.92 Å². The zero-order chi connectivity index (χ0) is 11.6. The van der Waals surface area contributed by atoms with Crippen LogP contribution in [0.15, 0.2) is 29.2 Å². The molecule has 1 N–H and O–H groups in total. The van der Waals surface area contributed by atoms with Crippen LogP contribution >= 0.6 is 0 Å². The van der Waals surface area contributed by atoms with Crippen LogP contribution in [0.4, 0.5) is 0 Å². The van der Waals surface area contributed by atoms with Crippen molar-refractivity contribution in [1.29, 1.82) is 0 Å². The molecule has 0 amide bonds. The van der Waals surface area contributed by atoms with E-state index in [-0.39, 0.29) is 10.6 Å². The van der Waals surface area contributed by atoms with E-state index in [0.29, 0.717) is 25.7 Å². The van der Waals surface area contributed by atoms with E-state index >= 15 is 0 Å². The Morgan fingerprint density at radius 3 is 2.62 bits per heavy atom. The third-order valence-corrected chi connectivity index (χ3v) is 3.20. The standard InChI is InChI=1S/C10H12O5S/c11-16(12,13)10-4-2-1-3-9(10)15-7-8-5-14-6-8/h1-4,8H,5-7H2,(H,11,12,13). The van der Waals surface area contributed by atoms with Crippen molar-refractivity contribution < 1.29 is 22.4 Å². The minimum atomic E-state index is -4.23. The van der Waals surface area contributed by atoms with E-state index in [0.717, 1.165) is 0 Å². The summed E-state index contributed by atoms with van der Waals surface area (Å²) < 4.78 is 41.4. The first-order valence-electron chi connectivity index (χ1n) is 4.84. The number of para-hydroxylation sites is 1. The highest BCUT2D eigenvalue weighted by molar-refractivity contribution is 7.86. The van der Waals surface area contributed by atoms with Crippen LogP contribution in [0.5, 0.6) is 5.75 Å². The van der Waals surface area contributed by atoms with Crippen molar-refractivity contribution in [2.45, 2.75) is 4.90 Å². The molecule has 0 spiro atoms. The lowest BCUT2D eigenvalue weighted by molar-refractivity contribution is -0.0512. The lowest BCUT2D eigenvalue weighted by Gasteiger charge is -2.25. The Morgan fingerprint density at radius 2 is 2.06 bits per heavy atom. The summed E-state index contributed by atoms with van der Waals surface area (Å²) >= 11 is 0. The first-order chi connectivity index (χ1) is 7.57. The monoisotopic (exact) mass is 244 g/mol. The van der Waals surface area contributed by atoms with Gasteiger partial charge in [0.1, 0.15) is 10.6 Å². The van der Waals surface area contributed by atoms with Crippen LogP contribution in [0.2, 0.25) is 0 Å². The quantitative estimate of drug-likeness (QED) is 0.798. The molecule has 0 unspecified atom stereocenters. The van der Waals surface area contributed by atoms with Crippen LogP contribution in [0.1, 0.15) is 0 Å². The van der Waals surface area contributed by atoms with E-state index < -0.39 is 10.1 Å². The van der Waals surface area contributed by atoms with E-state index in [1.807, 2.05) is 0 Å². The summed E-state index contributed by atoms with van der Waals surface area (Å²) in [4.78, 5) is -0.199. The molecular weight excluding hydrogens is 232 g/mol. The Kier molecular flexibility index (Phi) is 3.13. The van der Waals surface area contributed by atoms with Gasteiger partial charge in [-0.2, -0.15) is 8.42 Å². The number of benzene rings is 1. The van der Waals surface area contributed by atoms with Crippen molar-refractivity contribution in [2.24, 2.45) is 5.92 Å². The Hall–Kier alpha value is -1.11. The van der Waals surface area contributed by atoms with Gasteiger partial charge in [-0.05, 0) is 12.1 Å². The Labute approximate surface area is 93.7 Å². The lowest BCUT2D eigenvalue weighted by Crippen LogP contribution is -2.32. The summed E-state index contributed by atoms with van der Waals surface area (Å²) in [5.74, 6) is 0.478. The predicted octanol–water partition coefficient (Wildman–Crippen LogP) is 0.959. The van der Waals surface area contributed by atoms with Crippen molar-refractivity contribution >= 4 is 10.1 Å². The molecule has 5 nitrogen and oxygen atoms in total. The molecule has 1 aromatic rings. The van der Waals surface area contributed by atoms with Gasteiger partial charge in [0.15, 0.2) is 0 Å². The molecule has 0 bridgehead atoms. The molecule has 1 aromatic carbocycles. The normalized spacial score (nSPS) is 16.8. The molecule has 0 atom stereocenters. The summed E-state index contributed by atoms with van der Waals surface area (Å²) in [5, 5.41) is 0. The molecule has 16 heavy (non-hydrogen) atoms. The average Bonchev–Trinajstić information content (AvgIpc) is 2.14. The van der Waals surface area contributed by atoms with Gasteiger partial charge in [-0.3, -0.25) is 4.55 Å². The van der Waals surface area contributed by atoms with E-state index in [1.165, 1.54) is 18.2 Å². The van der Waals surface area contributed by atoms with Crippen LogP contribution in [-0.4, -0.2) is 32.8 Å². The second-order valence-electron chi connectivity index (χ2n) is 3.64. The van der Waals surface area contributed by atoms with Gasteiger partial charge in [-0.1, -0.05) is 12.1 Å². The van der Waals surface area contributed by atoms with Crippen molar-refractivity contribution in [1.82, 2.24) is 0 Å². The zero-order valence-corrected chi connectivity index (χ0v) is 9.31. The van der Waals surface area contributed by atoms with Crippen molar-refractivity contribution in [3.8, 4) is 5.75 Å². The first kappa shape index (κ1) is 11.4. The molecule has 0 saturated carbocycles. The maximum atomic E-state index is 11.0. The van der Waals surface area contributed by atoms with Gasteiger partial charge in [0.05, 0.1) is 19.8 Å². The van der Waals surface area contributed by atoms with Crippen LogP contribution in [0.25, 0.3) is 0 Å². The number of hydrogen-bond donors (Lipinski definition) is 1. The molecule has 1 heterocycles. The third kappa shape index (κ3) is 2.52. The molecule has 0 aromatic heterocycles. The minimum absolute atomic E-state index is 0.178. The van der Waals surface area contributed by atoms with Crippen molar-refractivity contribution in [3.05, 3.63) is 24.3 Å². The Balaban J connectivity index is 2.13. The second-order valence-corrected chi connectivity index (χ2v) is 5.03. The van der Waals surface area contributed by atoms with E-state index in [4.69, 9.17) is 14.0 Å². The number of hydrogen-bond acceptors (Lipinski definition) is 4. The minimum Gasteiger partial charge on any atom is -0.492 e. The fourth-order valence-electron chi connectivity index (χ4n) is 1.37. The maximum absolute atomic E-state index is 11.0. The molecule has 2 rings (SSSR count). The molecule has 1 aliphatic heterocycles. The fraction of sp³-hybridized carbons (Fsp3) is 0.400. The molecule has 0 aliphatic carbocycles. The number of rotatable bonds is 4. The van der Waals surface area contributed by atoms with E-state index in [9.17, 15) is 8.42 Å². The topological polar surface area (TPSA) is 72.8 Å². The van der Waals surface area contributed by atoms with Gasteiger partial charge < -0.3 is 9.47 Å². The van der Waals surface area contributed by atoms with Crippen LogP contribution in [0.3, 0.4) is 0 Å². The molecule has 88 valence electrons. The molecular formula is C10H12O5S. The highest BCUT2D eigenvalue weighted by Gasteiger charge is 2.21. The van der Waals surface area contributed by atoms with Gasteiger partial charge >= 0.3 is 0 Å². The van der Waals surface area contributed by atoms with Crippen molar-refractivity contribution in [2.75, 3.05) is 19.8 Å². The van der Waals surface area contributed by atoms with Gasteiger partial charge in [0, 0.05) is 5.92 Å². The summed E-state index contributed by atoms with van der Waals surface area (Å²) in [6.07, 6.45) is 0. The molecule has 1 aliphatic rings. The largest absolute Gasteiger partial charge is 0.492 e. The third-order valence-electron chi connectivity index (χ3n) is 2.31. The van der Waals surface area contributed by atoms with Gasteiger partial charge in [0.2, 0.25) is 0 Å². The SMILES string of the molecule is O=S(=O)(O)c1ccccc1OCC1COC1. The summed E-state index contributed by atoms with van der Waals surface area (Å²) in [7, 11) is -4.23. The fourth-order valence-corrected chi connectivity index (χ4v) is 2.00.